The van der Waals surface area contributed by atoms with Crippen molar-refractivity contribution in [3.05, 3.63) is 41.5 Å². The zero-order chi connectivity index (χ0) is 15.9. The van der Waals surface area contributed by atoms with E-state index in [0.717, 1.165) is 23.3 Å². The lowest BCUT2D eigenvalue weighted by Gasteiger charge is -2.54. The van der Waals surface area contributed by atoms with Crippen molar-refractivity contribution in [2.75, 3.05) is 14.2 Å². The molecular weight excluding hydrogens is 276 g/mol. The molecule has 0 radical (unpaired) electrons. The zero-order valence-electron chi connectivity index (χ0n) is 13.6. The number of ether oxygens (including phenoxy) is 2. The van der Waals surface area contributed by atoms with E-state index in [9.17, 15) is 4.79 Å². The van der Waals surface area contributed by atoms with Gasteiger partial charge in [0.05, 0.1) is 14.2 Å². The standard InChI is InChI=1S/C19H22O3/c1-19(2)14-11-15(19)16(20)10-13(14)7-5-12-6-8-17(21-3)18(9-12)22-4/h5-10,14-15H,11H2,1-4H3/b7-5+/t14-,15+/m0/s1. The fraction of sp³-hybridized carbons (Fsp3) is 0.421. The Balaban J connectivity index is 1.84. The summed E-state index contributed by atoms with van der Waals surface area (Å²) >= 11 is 0. The summed E-state index contributed by atoms with van der Waals surface area (Å²) in [5.74, 6) is 2.42. The Kier molecular flexibility index (Phi) is 3.59. The van der Waals surface area contributed by atoms with Crippen LogP contribution < -0.4 is 9.47 Å². The van der Waals surface area contributed by atoms with Gasteiger partial charge in [0, 0.05) is 5.92 Å². The number of hydrogen-bond acceptors (Lipinski definition) is 3. The Hall–Kier alpha value is -2.03. The van der Waals surface area contributed by atoms with Crippen molar-refractivity contribution in [3.63, 3.8) is 0 Å². The van der Waals surface area contributed by atoms with Crippen LogP contribution in [0.1, 0.15) is 25.8 Å². The van der Waals surface area contributed by atoms with Gasteiger partial charge in [-0.25, -0.2) is 0 Å². The van der Waals surface area contributed by atoms with Gasteiger partial charge in [-0.1, -0.05) is 32.1 Å². The number of fused-ring (bicyclic) bond motifs is 1. The molecule has 0 N–H and O–H groups in total. The highest BCUT2D eigenvalue weighted by Crippen LogP contribution is 2.58. The first kappa shape index (κ1) is 14.9. The molecule has 22 heavy (non-hydrogen) atoms. The van der Waals surface area contributed by atoms with Gasteiger partial charge in [-0.05, 0) is 47.1 Å². The third-order valence-corrected chi connectivity index (χ3v) is 5.20. The lowest BCUT2D eigenvalue weighted by atomic mass is 9.48. The van der Waals surface area contributed by atoms with E-state index in [-0.39, 0.29) is 17.1 Å². The molecule has 3 heteroatoms. The Labute approximate surface area is 131 Å². The normalized spacial score (nSPS) is 25.6. The van der Waals surface area contributed by atoms with Gasteiger partial charge >= 0.3 is 0 Å². The first-order valence-corrected chi connectivity index (χ1v) is 7.63. The smallest absolute Gasteiger partial charge is 0.161 e. The van der Waals surface area contributed by atoms with Crippen LogP contribution in [0.25, 0.3) is 6.08 Å². The number of rotatable bonds is 4. The largest absolute Gasteiger partial charge is 0.493 e. The average molecular weight is 298 g/mol. The van der Waals surface area contributed by atoms with Crippen LogP contribution in [0.5, 0.6) is 11.5 Å². The van der Waals surface area contributed by atoms with E-state index in [4.69, 9.17) is 9.47 Å². The van der Waals surface area contributed by atoms with Crippen molar-refractivity contribution in [2.45, 2.75) is 20.3 Å². The van der Waals surface area contributed by atoms with Crippen LogP contribution in [0.2, 0.25) is 0 Å². The number of methoxy groups -OCH3 is 2. The Bertz CT molecular complexity index is 667. The third kappa shape index (κ3) is 2.25. The molecule has 116 valence electrons. The fourth-order valence-electron chi connectivity index (χ4n) is 3.65. The summed E-state index contributed by atoms with van der Waals surface area (Å²) in [6.07, 6.45) is 6.92. The average Bonchev–Trinajstić information content (AvgIpc) is 2.51. The molecule has 0 aliphatic heterocycles. The maximum absolute atomic E-state index is 12.1. The van der Waals surface area contributed by atoms with Gasteiger partial charge in [0.1, 0.15) is 0 Å². The molecule has 3 aliphatic carbocycles. The van der Waals surface area contributed by atoms with E-state index in [1.807, 2.05) is 30.4 Å². The highest BCUT2D eigenvalue weighted by Gasteiger charge is 2.54. The molecule has 0 saturated heterocycles. The van der Waals surface area contributed by atoms with E-state index in [1.165, 1.54) is 0 Å². The lowest BCUT2D eigenvalue weighted by Crippen LogP contribution is -2.52. The maximum Gasteiger partial charge on any atom is 0.161 e. The number of carbonyl (C=O) groups excluding carboxylic acids is 1. The number of hydrogen-bond donors (Lipinski definition) is 0. The quantitative estimate of drug-likeness (QED) is 0.846. The topological polar surface area (TPSA) is 35.5 Å². The molecule has 0 heterocycles. The van der Waals surface area contributed by atoms with Gasteiger partial charge in [0.25, 0.3) is 0 Å². The summed E-state index contributed by atoms with van der Waals surface area (Å²) in [6, 6.07) is 5.81. The second-order valence-corrected chi connectivity index (χ2v) is 6.66. The van der Waals surface area contributed by atoms with Crippen LogP contribution >= 0.6 is 0 Å². The van der Waals surface area contributed by atoms with E-state index < -0.39 is 0 Å². The van der Waals surface area contributed by atoms with Crippen LogP contribution in [0.4, 0.5) is 0 Å². The highest BCUT2D eigenvalue weighted by atomic mass is 16.5. The van der Waals surface area contributed by atoms with Crippen LogP contribution in [0.15, 0.2) is 35.9 Å². The molecule has 3 aliphatic rings. The summed E-state index contributed by atoms with van der Waals surface area (Å²) in [6.45, 7) is 4.39. The lowest BCUT2D eigenvalue weighted by molar-refractivity contribution is -0.133. The molecule has 0 spiro atoms. The third-order valence-electron chi connectivity index (χ3n) is 5.20. The molecule has 1 aromatic carbocycles. The number of ketones is 1. The van der Waals surface area contributed by atoms with Gasteiger partial charge in [0.2, 0.25) is 0 Å². The summed E-state index contributed by atoms with van der Waals surface area (Å²) < 4.78 is 10.6. The van der Waals surface area contributed by atoms with Gasteiger partial charge in [-0.15, -0.1) is 0 Å². The molecule has 0 unspecified atom stereocenters. The molecule has 2 bridgehead atoms. The van der Waals surface area contributed by atoms with Crippen molar-refractivity contribution < 1.29 is 14.3 Å². The molecule has 1 saturated carbocycles. The molecule has 4 rings (SSSR count). The predicted molar refractivity (Wildman–Crippen MR) is 87.0 cm³/mol. The molecule has 2 atom stereocenters. The summed E-state index contributed by atoms with van der Waals surface area (Å²) in [5, 5.41) is 0. The van der Waals surface area contributed by atoms with Crippen molar-refractivity contribution in [2.24, 2.45) is 17.3 Å². The number of carbonyl (C=O) groups is 1. The SMILES string of the molecule is COc1ccc(/C=C/C2=CC(=O)[C@H]3C[C@@H]2C3(C)C)cc1OC. The predicted octanol–water partition coefficient (Wildman–Crippen LogP) is 3.89. The molecular formula is C19H22O3. The highest BCUT2D eigenvalue weighted by molar-refractivity contribution is 5.96. The monoisotopic (exact) mass is 298 g/mol. The minimum Gasteiger partial charge on any atom is -0.493 e. The van der Waals surface area contributed by atoms with Gasteiger partial charge in [-0.3, -0.25) is 4.79 Å². The Morgan fingerprint density at radius 3 is 2.41 bits per heavy atom. The van der Waals surface area contributed by atoms with Crippen LogP contribution in [-0.2, 0) is 4.79 Å². The number of allylic oxidation sites excluding steroid dienone is 3. The van der Waals surface area contributed by atoms with Gasteiger partial charge < -0.3 is 9.47 Å². The first-order chi connectivity index (χ1) is 10.5. The second-order valence-electron chi connectivity index (χ2n) is 6.66. The van der Waals surface area contributed by atoms with Crippen LogP contribution in [0.3, 0.4) is 0 Å². The minimum atomic E-state index is 0.100. The Morgan fingerprint density at radius 2 is 1.82 bits per heavy atom. The van der Waals surface area contributed by atoms with Gasteiger partial charge in [0.15, 0.2) is 17.3 Å². The van der Waals surface area contributed by atoms with Crippen LogP contribution in [-0.4, -0.2) is 20.0 Å². The fourth-order valence-corrected chi connectivity index (χ4v) is 3.65. The van der Waals surface area contributed by atoms with E-state index in [1.54, 1.807) is 14.2 Å². The van der Waals surface area contributed by atoms with E-state index >= 15 is 0 Å². The molecule has 1 fully saturated rings. The van der Waals surface area contributed by atoms with Gasteiger partial charge in [-0.2, -0.15) is 0 Å². The molecule has 0 amide bonds. The number of benzene rings is 1. The Morgan fingerprint density at radius 1 is 1.09 bits per heavy atom. The molecule has 1 aromatic rings. The van der Waals surface area contributed by atoms with E-state index in [2.05, 4.69) is 19.9 Å². The van der Waals surface area contributed by atoms with Crippen molar-refractivity contribution in [1.82, 2.24) is 0 Å². The zero-order valence-corrected chi connectivity index (χ0v) is 13.6. The van der Waals surface area contributed by atoms with Crippen molar-refractivity contribution in [1.29, 1.82) is 0 Å². The van der Waals surface area contributed by atoms with E-state index in [0.29, 0.717) is 11.7 Å². The van der Waals surface area contributed by atoms with Crippen molar-refractivity contribution in [3.8, 4) is 11.5 Å². The molecule has 3 nitrogen and oxygen atoms in total. The summed E-state index contributed by atoms with van der Waals surface area (Å²) in [5.41, 5.74) is 2.28. The maximum atomic E-state index is 12.1. The van der Waals surface area contributed by atoms with Crippen molar-refractivity contribution >= 4 is 11.9 Å². The second kappa shape index (κ2) is 5.31. The van der Waals surface area contributed by atoms with Crippen LogP contribution in [0, 0.1) is 17.3 Å². The summed E-state index contributed by atoms with van der Waals surface area (Å²) in [4.78, 5) is 12.1. The summed E-state index contributed by atoms with van der Waals surface area (Å²) in [7, 11) is 3.26. The first-order valence-electron chi connectivity index (χ1n) is 7.63. The minimum absolute atomic E-state index is 0.100. The molecule has 0 aromatic heterocycles.